The average molecular weight is 569 g/mol. The van der Waals surface area contributed by atoms with Crippen LogP contribution in [0.25, 0.3) is 22.6 Å². The molecule has 1 aliphatic carbocycles. The van der Waals surface area contributed by atoms with Gasteiger partial charge < -0.3 is 5.32 Å². The smallest absolute Gasteiger partial charge is 0.239 e. The quantitative estimate of drug-likeness (QED) is 0.235. The first-order chi connectivity index (χ1) is 17.1. The number of amides is 1. The Bertz CT molecular complexity index is 1280. The lowest BCUT2D eigenvalue weighted by Gasteiger charge is -2.26. The molecule has 0 aliphatic heterocycles. The van der Waals surface area contributed by atoms with Gasteiger partial charge in [0.25, 0.3) is 0 Å². The van der Waals surface area contributed by atoms with Gasteiger partial charge in [-0.05, 0) is 31.9 Å². The van der Waals surface area contributed by atoms with Gasteiger partial charge in [0.1, 0.15) is 0 Å². The summed E-state index contributed by atoms with van der Waals surface area (Å²) in [5, 5.41) is 15.1. The van der Waals surface area contributed by atoms with Gasteiger partial charge in [0.2, 0.25) is 5.91 Å². The van der Waals surface area contributed by atoms with Crippen molar-refractivity contribution in [3.05, 3.63) is 64.5 Å². The molecule has 6 nitrogen and oxygen atoms in total. The van der Waals surface area contributed by atoms with Gasteiger partial charge >= 0.3 is 0 Å². The van der Waals surface area contributed by atoms with Crippen LogP contribution in [0.1, 0.15) is 45.1 Å². The molecule has 5 rings (SSSR count). The number of nitrogens with zero attached hydrogens (tertiary/aromatic N) is 4. The predicted octanol–water partition coefficient (Wildman–Crippen LogP) is 7.46. The lowest BCUT2D eigenvalue weighted by atomic mass is 9.95. The molecule has 0 spiro atoms. The summed E-state index contributed by atoms with van der Waals surface area (Å²) >= 11 is 6.41. The van der Waals surface area contributed by atoms with Crippen molar-refractivity contribution in [3.63, 3.8) is 0 Å². The van der Waals surface area contributed by atoms with E-state index in [1.807, 2.05) is 54.8 Å². The Balaban J connectivity index is 1.34. The van der Waals surface area contributed by atoms with Crippen molar-refractivity contribution in [2.24, 2.45) is 0 Å². The number of thioether (sulfide) groups is 1. The van der Waals surface area contributed by atoms with E-state index in [2.05, 4.69) is 53.1 Å². The fraction of sp³-hybridized carbons (Fsp3) is 0.308. The first-order valence-corrected chi connectivity index (χ1v) is 14.3. The second-order valence-corrected chi connectivity index (χ2v) is 11.7. The number of benzene rings is 2. The predicted molar refractivity (Wildman–Crippen MR) is 147 cm³/mol. The Hall–Kier alpha value is -2.49. The molecule has 0 unspecified atom stereocenters. The Morgan fingerprint density at radius 2 is 1.80 bits per heavy atom. The van der Waals surface area contributed by atoms with E-state index in [0.29, 0.717) is 11.2 Å². The van der Waals surface area contributed by atoms with Crippen molar-refractivity contribution in [2.45, 2.75) is 55.5 Å². The summed E-state index contributed by atoms with van der Waals surface area (Å²) in [4.78, 5) is 17.6. The molecule has 0 bridgehead atoms. The highest BCUT2D eigenvalue weighted by Crippen LogP contribution is 2.37. The number of aromatic nitrogens is 4. The van der Waals surface area contributed by atoms with E-state index in [9.17, 15) is 4.79 Å². The van der Waals surface area contributed by atoms with Crippen molar-refractivity contribution in [1.82, 2.24) is 19.7 Å². The molecule has 2 aromatic carbocycles. The fourth-order valence-electron chi connectivity index (χ4n) is 4.31. The van der Waals surface area contributed by atoms with Crippen molar-refractivity contribution >= 4 is 50.1 Å². The molecule has 4 aromatic rings. The normalized spacial score (nSPS) is 15.1. The zero-order valence-corrected chi connectivity index (χ0v) is 22.6. The molecule has 0 saturated heterocycles. The third-order valence-electron chi connectivity index (χ3n) is 6.16. The number of carbonyl (C=O) groups is 1. The lowest BCUT2D eigenvalue weighted by Crippen LogP contribution is -2.23. The minimum atomic E-state index is -0.344. The van der Waals surface area contributed by atoms with Crippen molar-refractivity contribution in [1.29, 1.82) is 0 Å². The maximum atomic E-state index is 13.0. The minimum Gasteiger partial charge on any atom is -0.301 e. The van der Waals surface area contributed by atoms with E-state index in [1.54, 1.807) is 0 Å². The third-order valence-corrected chi connectivity index (χ3v) is 8.51. The Labute approximate surface area is 221 Å². The van der Waals surface area contributed by atoms with Crippen LogP contribution in [0.2, 0.25) is 0 Å². The number of anilines is 1. The van der Waals surface area contributed by atoms with E-state index >= 15 is 0 Å². The molecule has 1 fully saturated rings. The maximum absolute atomic E-state index is 13.0. The topological polar surface area (TPSA) is 72.7 Å². The number of nitrogens with one attached hydrogen (secondary N) is 1. The maximum Gasteiger partial charge on any atom is 0.239 e. The number of carbonyl (C=O) groups excluding carboxylic acids is 1. The highest BCUT2D eigenvalue weighted by atomic mass is 79.9. The van der Waals surface area contributed by atoms with Crippen LogP contribution in [0.5, 0.6) is 0 Å². The first-order valence-electron chi connectivity index (χ1n) is 11.8. The van der Waals surface area contributed by atoms with Crippen LogP contribution >= 0.6 is 39.0 Å². The molecule has 180 valence electrons. The molecule has 1 N–H and O–H groups in total. The van der Waals surface area contributed by atoms with Crippen LogP contribution in [-0.2, 0) is 4.79 Å². The number of rotatable bonds is 7. The zero-order valence-electron chi connectivity index (χ0n) is 19.4. The zero-order chi connectivity index (χ0) is 24.2. The largest absolute Gasteiger partial charge is 0.301 e. The van der Waals surface area contributed by atoms with Crippen LogP contribution in [0, 0.1) is 0 Å². The van der Waals surface area contributed by atoms with Gasteiger partial charge in [0.05, 0.1) is 10.9 Å². The molecular formula is C26H26BrN5OS2. The van der Waals surface area contributed by atoms with Crippen LogP contribution in [-0.4, -0.2) is 30.9 Å². The summed E-state index contributed by atoms with van der Waals surface area (Å²) in [5.41, 5.74) is 2.93. The van der Waals surface area contributed by atoms with Crippen LogP contribution in [0.4, 0.5) is 5.13 Å². The van der Waals surface area contributed by atoms with Crippen LogP contribution in [0.15, 0.2) is 69.6 Å². The molecule has 2 aromatic heterocycles. The summed E-state index contributed by atoms with van der Waals surface area (Å²) in [6.45, 7) is 1.91. The highest BCUT2D eigenvalue weighted by molar-refractivity contribution is 9.10. The summed E-state index contributed by atoms with van der Waals surface area (Å²) in [6.07, 6.45) is 5.90. The molecule has 1 atom stereocenters. The fourth-order valence-corrected chi connectivity index (χ4v) is 6.22. The molecule has 1 amide bonds. The molecule has 0 radical (unpaired) electrons. The molecule has 9 heteroatoms. The SMILES string of the molecule is C[C@H](Sc1nnc(-c2ccc(Br)cc2)n1C1CCCCC1)C(=O)Nc1nc(-c2ccccc2)cs1. The number of hydrogen-bond donors (Lipinski definition) is 1. The van der Waals surface area contributed by atoms with E-state index in [4.69, 9.17) is 0 Å². The first kappa shape index (κ1) is 24.2. The third kappa shape index (κ3) is 5.68. The van der Waals surface area contributed by atoms with Gasteiger partial charge in [-0.15, -0.1) is 21.5 Å². The van der Waals surface area contributed by atoms with E-state index in [0.717, 1.165) is 45.1 Å². The van der Waals surface area contributed by atoms with Gasteiger partial charge in [-0.1, -0.05) is 89.4 Å². The molecule has 1 saturated carbocycles. The second-order valence-electron chi connectivity index (χ2n) is 8.63. The number of thiazole rings is 1. The van der Waals surface area contributed by atoms with Crippen molar-refractivity contribution < 1.29 is 4.79 Å². The Kier molecular flexibility index (Phi) is 7.65. The van der Waals surface area contributed by atoms with E-state index in [1.165, 1.54) is 42.4 Å². The summed E-state index contributed by atoms with van der Waals surface area (Å²) < 4.78 is 3.29. The summed E-state index contributed by atoms with van der Waals surface area (Å²) in [5.74, 6) is 0.777. The van der Waals surface area contributed by atoms with Gasteiger partial charge in [-0.2, -0.15) is 0 Å². The van der Waals surface area contributed by atoms with E-state index < -0.39 is 0 Å². The second kappa shape index (κ2) is 11.1. The van der Waals surface area contributed by atoms with Gasteiger partial charge in [0.15, 0.2) is 16.1 Å². The average Bonchev–Trinajstić information content (AvgIpc) is 3.53. The summed E-state index contributed by atoms with van der Waals surface area (Å²) in [7, 11) is 0. The van der Waals surface area contributed by atoms with Crippen molar-refractivity contribution in [2.75, 3.05) is 5.32 Å². The van der Waals surface area contributed by atoms with Gasteiger partial charge in [-0.3, -0.25) is 9.36 Å². The summed E-state index contributed by atoms with van der Waals surface area (Å²) in [6, 6.07) is 18.5. The lowest BCUT2D eigenvalue weighted by molar-refractivity contribution is -0.115. The highest BCUT2D eigenvalue weighted by Gasteiger charge is 2.27. The van der Waals surface area contributed by atoms with Crippen LogP contribution in [0.3, 0.4) is 0 Å². The van der Waals surface area contributed by atoms with E-state index in [-0.39, 0.29) is 11.2 Å². The Morgan fingerprint density at radius 3 is 2.54 bits per heavy atom. The molecule has 35 heavy (non-hydrogen) atoms. The standard InChI is InChI=1S/C26H26BrN5OS2/c1-17(24(33)29-25-28-22(16-34-25)18-8-4-2-5-9-18)35-26-31-30-23(19-12-14-20(27)15-13-19)32(26)21-10-6-3-7-11-21/h2,4-5,8-9,12-17,21H,3,6-7,10-11H2,1H3,(H,28,29,33)/t17-/m0/s1. The van der Waals surface area contributed by atoms with Crippen LogP contribution < -0.4 is 5.32 Å². The molecular weight excluding hydrogens is 542 g/mol. The monoisotopic (exact) mass is 567 g/mol. The van der Waals surface area contributed by atoms with Gasteiger partial charge in [0, 0.05) is 27.0 Å². The minimum absolute atomic E-state index is 0.0904. The van der Waals surface area contributed by atoms with Gasteiger partial charge in [-0.25, -0.2) is 4.98 Å². The Morgan fingerprint density at radius 1 is 1.06 bits per heavy atom. The van der Waals surface area contributed by atoms with Crippen molar-refractivity contribution in [3.8, 4) is 22.6 Å². The number of hydrogen-bond acceptors (Lipinski definition) is 6. The number of halogens is 1. The molecule has 2 heterocycles. The molecule has 1 aliphatic rings.